The first-order chi connectivity index (χ1) is 12.3. The first kappa shape index (κ1) is 15.5. The third-order valence-corrected chi connectivity index (χ3v) is 4.21. The number of benzene rings is 3. The molecule has 0 saturated heterocycles. The Hall–Kier alpha value is -3.01. The summed E-state index contributed by atoms with van der Waals surface area (Å²) in [6.07, 6.45) is 1.19. The van der Waals surface area contributed by atoms with Gasteiger partial charge in [0.05, 0.1) is 19.6 Å². The number of anilines is 1. The summed E-state index contributed by atoms with van der Waals surface area (Å²) < 4.78 is 11.3. The Morgan fingerprint density at radius 1 is 0.880 bits per heavy atom. The number of fused-ring (bicyclic) bond motifs is 2. The van der Waals surface area contributed by atoms with Crippen molar-refractivity contribution in [3.8, 4) is 11.5 Å². The Bertz CT molecular complexity index is 920. The highest BCUT2D eigenvalue weighted by Gasteiger charge is 2.12. The molecule has 4 heteroatoms. The molecule has 0 radical (unpaired) electrons. The van der Waals surface area contributed by atoms with Crippen LogP contribution in [0.3, 0.4) is 0 Å². The van der Waals surface area contributed by atoms with Crippen LogP contribution in [0.5, 0.6) is 11.5 Å². The number of carbonyl (C=O) groups is 1. The molecule has 0 aromatic heterocycles. The molecular weight excluding hydrogens is 314 g/mol. The van der Waals surface area contributed by atoms with Crippen molar-refractivity contribution in [1.82, 2.24) is 0 Å². The second-order valence-corrected chi connectivity index (χ2v) is 6.12. The molecule has 0 atom stereocenters. The van der Waals surface area contributed by atoms with E-state index in [0.29, 0.717) is 25.4 Å². The van der Waals surface area contributed by atoms with Gasteiger partial charge in [-0.1, -0.05) is 42.5 Å². The summed E-state index contributed by atoms with van der Waals surface area (Å²) in [6.45, 7) is 1.28. The van der Waals surface area contributed by atoms with Crippen LogP contribution in [0, 0.1) is 0 Å². The van der Waals surface area contributed by atoms with E-state index in [0.717, 1.165) is 28.8 Å². The predicted octanol–water partition coefficient (Wildman–Crippen LogP) is 4.18. The maximum Gasteiger partial charge on any atom is 0.228 e. The Kier molecular flexibility index (Phi) is 4.25. The van der Waals surface area contributed by atoms with E-state index >= 15 is 0 Å². The number of rotatable bonds is 3. The van der Waals surface area contributed by atoms with Crippen molar-refractivity contribution in [2.45, 2.75) is 12.8 Å². The molecule has 3 aromatic rings. The van der Waals surface area contributed by atoms with Gasteiger partial charge in [-0.15, -0.1) is 0 Å². The SMILES string of the molecule is O=C(Cc1ccc2ccccc2c1)Nc1ccc2c(c1)OCCCO2. The molecule has 1 aliphatic heterocycles. The fraction of sp³-hybridized carbons (Fsp3) is 0.190. The van der Waals surface area contributed by atoms with Gasteiger partial charge in [-0.05, 0) is 28.5 Å². The number of hydrogen-bond acceptors (Lipinski definition) is 3. The minimum atomic E-state index is -0.0511. The van der Waals surface area contributed by atoms with Crippen molar-refractivity contribution in [1.29, 1.82) is 0 Å². The summed E-state index contributed by atoms with van der Waals surface area (Å²) in [5.41, 5.74) is 1.71. The van der Waals surface area contributed by atoms with Gasteiger partial charge in [0.1, 0.15) is 0 Å². The maximum atomic E-state index is 12.4. The van der Waals surface area contributed by atoms with Gasteiger partial charge < -0.3 is 14.8 Å². The van der Waals surface area contributed by atoms with Gasteiger partial charge in [-0.3, -0.25) is 4.79 Å². The summed E-state index contributed by atoms with van der Waals surface area (Å²) in [5.74, 6) is 1.36. The quantitative estimate of drug-likeness (QED) is 0.782. The van der Waals surface area contributed by atoms with Gasteiger partial charge in [0.2, 0.25) is 5.91 Å². The molecule has 1 heterocycles. The Balaban J connectivity index is 1.47. The van der Waals surface area contributed by atoms with Crippen molar-refractivity contribution in [2.75, 3.05) is 18.5 Å². The summed E-state index contributed by atoms with van der Waals surface area (Å²) in [5, 5.41) is 5.25. The number of nitrogens with one attached hydrogen (secondary N) is 1. The lowest BCUT2D eigenvalue weighted by molar-refractivity contribution is -0.115. The van der Waals surface area contributed by atoms with Crippen LogP contribution in [0.15, 0.2) is 60.7 Å². The molecule has 3 aromatic carbocycles. The maximum absolute atomic E-state index is 12.4. The second kappa shape index (κ2) is 6.85. The largest absolute Gasteiger partial charge is 0.490 e. The standard InChI is InChI=1S/C21H19NO3/c23-21(13-15-6-7-16-4-1-2-5-17(16)12-15)22-18-8-9-19-20(14-18)25-11-3-10-24-19/h1-2,4-9,12,14H,3,10-11,13H2,(H,22,23). The highest BCUT2D eigenvalue weighted by Crippen LogP contribution is 2.32. The number of hydrogen-bond donors (Lipinski definition) is 1. The first-order valence-corrected chi connectivity index (χ1v) is 8.45. The van der Waals surface area contributed by atoms with Crippen LogP contribution in [0.25, 0.3) is 10.8 Å². The van der Waals surface area contributed by atoms with Crippen LogP contribution in [-0.2, 0) is 11.2 Å². The van der Waals surface area contributed by atoms with E-state index in [1.54, 1.807) is 0 Å². The van der Waals surface area contributed by atoms with Crippen molar-refractivity contribution in [3.05, 3.63) is 66.2 Å². The zero-order valence-corrected chi connectivity index (χ0v) is 13.8. The van der Waals surface area contributed by atoms with Crippen molar-refractivity contribution >= 4 is 22.4 Å². The highest BCUT2D eigenvalue weighted by molar-refractivity contribution is 5.93. The smallest absolute Gasteiger partial charge is 0.228 e. The summed E-state index contributed by atoms with van der Waals surface area (Å²) in [7, 11) is 0. The van der Waals surface area contributed by atoms with Gasteiger partial charge in [0.25, 0.3) is 0 Å². The van der Waals surface area contributed by atoms with E-state index in [1.807, 2.05) is 42.5 Å². The van der Waals surface area contributed by atoms with Gasteiger partial charge in [-0.2, -0.15) is 0 Å². The van der Waals surface area contributed by atoms with E-state index in [4.69, 9.17) is 9.47 Å². The summed E-state index contributed by atoms with van der Waals surface area (Å²) in [4.78, 5) is 12.4. The van der Waals surface area contributed by atoms with Crippen LogP contribution in [0.4, 0.5) is 5.69 Å². The molecular formula is C21H19NO3. The molecule has 4 nitrogen and oxygen atoms in total. The zero-order valence-electron chi connectivity index (χ0n) is 13.8. The minimum absolute atomic E-state index is 0.0511. The van der Waals surface area contributed by atoms with E-state index in [-0.39, 0.29) is 5.91 Å². The fourth-order valence-electron chi connectivity index (χ4n) is 2.98. The van der Waals surface area contributed by atoms with Crippen LogP contribution in [0.1, 0.15) is 12.0 Å². The molecule has 126 valence electrons. The molecule has 4 rings (SSSR count). The van der Waals surface area contributed by atoms with E-state index in [1.165, 1.54) is 5.39 Å². The summed E-state index contributed by atoms with van der Waals surface area (Å²) >= 11 is 0. The normalized spacial score (nSPS) is 13.3. The van der Waals surface area contributed by atoms with Crippen LogP contribution < -0.4 is 14.8 Å². The van der Waals surface area contributed by atoms with Crippen molar-refractivity contribution in [2.24, 2.45) is 0 Å². The molecule has 1 N–H and O–H groups in total. The third-order valence-electron chi connectivity index (χ3n) is 4.21. The highest BCUT2D eigenvalue weighted by atomic mass is 16.5. The van der Waals surface area contributed by atoms with Crippen LogP contribution >= 0.6 is 0 Å². The first-order valence-electron chi connectivity index (χ1n) is 8.45. The number of ether oxygens (including phenoxy) is 2. The van der Waals surface area contributed by atoms with Gasteiger partial charge in [0, 0.05) is 18.2 Å². The Labute approximate surface area is 146 Å². The molecule has 1 aliphatic rings. The lowest BCUT2D eigenvalue weighted by atomic mass is 10.0. The molecule has 0 fully saturated rings. The molecule has 0 unspecified atom stereocenters. The molecule has 25 heavy (non-hydrogen) atoms. The van der Waals surface area contributed by atoms with E-state index in [2.05, 4.69) is 23.5 Å². The van der Waals surface area contributed by atoms with Crippen LogP contribution in [0.2, 0.25) is 0 Å². The average Bonchev–Trinajstić information content (AvgIpc) is 2.86. The van der Waals surface area contributed by atoms with Gasteiger partial charge in [-0.25, -0.2) is 0 Å². The molecule has 0 bridgehead atoms. The van der Waals surface area contributed by atoms with E-state index in [9.17, 15) is 4.79 Å². The predicted molar refractivity (Wildman–Crippen MR) is 98.3 cm³/mol. The van der Waals surface area contributed by atoms with Gasteiger partial charge in [0.15, 0.2) is 11.5 Å². The minimum Gasteiger partial charge on any atom is -0.490 e. The third kappa shape index (κ3) is 3.58. The second-order valence-electron chi connectivity index (χ2n) is 6.12. The van der Waals surface area contributed by atoms with Crippen LogP contribution in [-0.4, -0.2) is 19.1 Å². The Morgan fingerprint density at radius 2 is 1.68 bits per heavy atom. The molecule has 0 saturated carbocycles. The molecule has 1 amide bonds. The monoisotopic (exact) mass is 333 g/mol. The topological polar surface area (TPSA) is 47.6 Å². The van der Waals surface area contributed by atoms with Gasteiger partial charge >= 0.3 is 0 Å². The number of carbonyl (C=O) groups excluding carboxylic acids is 1. The lowest BCUT2D eigenvalue weighted by Crippen LogP contribution is -2.14. The summed E-state index contributed by atoms with van der Waals surface area (Å²) in [6, 6.07) is 19.7. The molecule has 0 spiro atoms. The Morgan fingerprint density at radius 3 is 2.56 bits per heavy atom. The van der Waals surface area contributed by atoms with E-state index < -0.39 is 0 Å². The lowest BCUT2D eigenvalue weighted by Gasteiger charge is -2.10. The molecule has 0 aliphatic carbocycles. The average molecular weight is 333 g/mol. The van der Waals surface area contributed by atoms with Crippen molar-refractivity contribution < 1.29 is 14.3 Å². The number of amides is 1. The van der Waals surface area contributed by atoms with Crippen molar-refractivity contribution in [3.63, 3.8) is 0 Å². The zero-order chi connectivity index (χ0) is 17.1. The fourth-order valence-corrected chi connectivity index (χ4v) is 2.98.